The highest BCUT2D eigenvalue weighted by Crippen LogP contribution is 2.18. The summed E-state index contributed by atoms with van der Waals surface area (Å²) in [6.07, 6.45) is 0. The van der Waals surface area contributed by atoms with Gasteiger partial charge in [-0.1, -0.05) is 12.1 Å². The second-order valence-corrected chi connectivity index (χ2v) is 3.76. The molecular weight excluding hydrogens is 219 g/mol. The maximum absolute atomic E-state index is 13.4. The molecule has 0 amide bonds. The topological polar surface area (TPSA) is 58.3 Å². The first-order chi connectivity index (χ1) is 8.15. The Bertz CT molecular complexity index is 511. The minimum atomic E-state index is -0.335. The molecule has 4 heteroatoms. The molecule has 0 unspecified atom stereocenters. The van der Waals surface area contributed by atoms with E-state index in [-0.39, 0.29) is 11.6 Å². The van der Waals surface area contributed by atoms with Gasteiger partial charge in [0.25, 0.3) is 0 Å². The second kappa shape index (κ2) is 4.74. The summed E-state index contributed by atoms with van der Waals surface area (Å²) in [5, 5.41) is 12.1. The van der Waals surface area contributed by atoms with E-state index in [1.807, 2.05) is 0 Å². The maximum atomic E-state index is 13.4. The van der Waals surface area contributed by atoms with Crippen LogP contribution in [0.15, 0.2) is 42.5 Å². The van der Waals surface area contributed by atoms with Crippen LogP contribution in [0.4, 0.5) is 15.8 Å². The van der Waals surface area contributed by atoms with E-state index in [0.717, 1.165) is 5.56 Å². The van der Waals surface area contributed by atoms with Crippen molar-refractivity contribution in [1.82, 2.24) is 0 Å². The van der Waals surface area contributed by atoms with Crippen LogP contribution in [0.3, 0.4) is 0 Å². The number of nitrogen functional groups attached to an aromatic ring is 1. The van der Waals surface area contributed by atoms with Gasteiger partial charge in [-0.05, 0) is 35.9 Å². The van der Waals surface area contributed by atoms with Gasteiger partial charge in [-0.3, -0.25) is 0 Å². The monoisotopic (exact) mass is 232 g/mol. The van der Waals surface area contributed by atoms with Gasteiger partial charge < -0.3 is 16.2 Å². The molecule has 0 fully saturated rings. The number of rotatable bonds is 3. The Hall–Kier alpha value is -2.23. The summed E-state index contributed by atoms with van der Waals surface area (Å²) in [4.78, 5) is 0. The fourth-order valence-corrected chi connectivity index (χ4v) is 1.49. The third-order valence-electron chi connectivity index (χ3n) is 2.41. The molecule has 0 saturated heterocycles. The fourth-order valence-electron chi connectivity index (χ4n) is 1.49. The Morgan fingerprint density at radius 1 is 1.12 bits per heavy atom. The van der Waals surface area contributed by atoms with Crippen LogP contribution in [-0.4, -0.2) is 5.11 Å². The molecule has 2 rings (SSSR count). The lowest BCUT2D eigenvalue weighted by Crippen LogP contribution is -2.02. The molecule has 3 nitrogen and oxygen atoms in total. The maximum Gasteiger partial charge on any atom is 0.146 e. The van der Waals surface area contributed by atoms with E-state index in [0.29, 0.717) is 17.9 Å². The number of hydrogen-bond donors (Lipinski definition) is 3. The van der Waals surface area contributed by atoms with Crippen LogP contribution >= 0.6 is 0 Å². The highest BCUT2D eigenvalue weighted by molar-refractivity contribution is 5.55. The summed E-state index contributed by atoms with van der Waals surface area (Å²) in [7, 11) is 0. The van der Waals surface area contributed by atoms with Crippen molar-refractivity contribution in [2.24, 2.45) is 0 Å². The van der Waals surface area contributed by atoms with Crippen LogP contribution in [0.2, 0.25) is 0 Å². The van der Waals surface area contributed by atoms with Crippen LogP contribution in [0.1, 0.15) is 5.56 Å². The van der Waals surface area contributed by atoms with Gasteiger partial charge in [0.15, 0.2) is 0 Å². The van der Waals surface area contributed by atoms with Gasteiger partial charge in [0.2, 0.25) is 0 Å². The molecule has 0 spiro atoms. The molecule has 0 aliphatic carbocycles. The van der Waals surface area contributed by atoms with Crippen LogP contribution in [-0.2, 0) is 6.54 Å². The number of nitrogens with one attached hydrogen (secondary N) is 1. The summed E-state index contributed by atoms with van der Waals surface area (Å²) in [5.41, 5.74) is 7.41. The second-order valence-electron chi connectivity index (χ2n) is 3.76. The first-order valence-corrected chi connectivity index (χ1v) is 5.22. The number of aromatic hydroxyl groups is 1. The number of hydrogen-bond acceptors (Lipinski definition) is 3. The van der Waals surface area contributed by atoms with Gasteiger partial charge in [-0.2, -0.15) is 0 Å². The standard InChI is InChI=1S/C13H13FN2O/c14-12-6-3-10(15)7-13(12)16-8-9-1-4-11(17)5-2-9/h1-7,16-17H,8,15H2. The van der Waals surface area contributed by atoms with Crippen molar-refractivity contribution < 1.29 is 9.50 Å². The lowest BCUT2D eigenvalue weighted by atomic mass is 10.2. The van der Waals surface area contributed by atoms with Crippen molar-refractivity contribution in [3.63, 3.8) is 0 Å². The zero-order chi connectivity index (χ0) is 12.3. The first kappa shape index (κ1) is 11.3. The highest BCUT2D eigenvalue weighted by atomic mass is 19.1. The minimum Gasteiger partial charge on any atom is -0.508 e. The molecule has 0 bridgehead atoms. The van der Waals surface area contributed by atoms with Gasteiger partial charge in [0.1, 0.15) is 11.6 Å². The van der Waals surface area contributed by atoms with Crippen LogP contribution in [0, 0.1) is 5.82 Å². The Kier molecular flexibility index (Phi) is 3.14. The third kappa shape index (κ3) is 2.87. The molecular formula is C13H13FN2O. The molecule has 0 aliphatic heterocycles. The van der Waals surface area contributed by atoms with Crippen LogP contribution in [0.25, 0.3) is 0 Å². The Morgan fingerprint density at radius 2 is 1.82 bits per heavy atom. The fraction of sp³-hybridized carbons (Fsp3) is 0.0769. The molecule has 2 aromatic carbocycles. The highest BCUT2D eigenvalue weighted by Gasteiger charge is 2.02. The molecule has 0 aliphatic rings. The van der Waals surface area contributed by atoms with Crippen molar-refractivity contribution in [3.05, 3.63) is 53.8 Å². The Labute approximate surface area is 98.7 Å². The molecule has 0 heterocycles. The van der Waals surface area contributed by atoms with Crippen molar-refractivity contribution in [2.75, 3.05) is 11.1 Å². The van der Waals surface area contributed by atoms with E-state index in [9.17, 15) is 4.39 Å². The van der Waals surface area contributed by atoms with Gasteiger partial charge in [-0.25, -0.2) is 4.39 Å². The Morgan fingerprint density at radius 3 is 2.53 bits per heavy atom. The van der Waals surface area contributed by atoms with Crippen LogP contribution in [0.5, 0.6) is 5.75 Å². The van der Waals surface area contributed by atoms with Crippen LogP contribution < -0.4 is 11.1 Å². The zero-order valence-electron chi connectivity index (χ0n) is 9.15. The Balaban J connectivity index is 2.07. The number of halogens is 1. The zero-order valence-corrected chi connectivity index (χ0v) is 9.15. The molecule has 2 aromatic rings. The molecule has 17 heavy (non-hydrogen) atoms. The quantitative estimate of drug-likeness (QED) is 0.713. The van der Waals surface area contributed by atoms with Crippen molar-refractivity contribution in [3.8, 4) is 5.75 Å². The number of phenolic OH excluding ortho intramolecular Hbond substituents is 1. The number of anilines is 2. The minimum absolute atomic E-state index is 0.212. The average Bonchev–Trinajstić information content (AvgIpc) is 2.32. The molecule has 4 N–H and O–H groups in total. The van der Waals surface area contributed by atoms with E-state index in [4.69, 9.17) is 10.8 Å². The van der Waals surface area contributed by atoms with Crippen molar-refractivity contribution in [2.45, 2.75) is 6.54 Å². The number of benzene rings is 2. The SMILES string of the molecule is Nc1ccc(F)c(NCc2ccc(O)cc2)c1. The van der Waals surface area contributed by atoms with Gasteiger partial charge in [0.05, 0.1) is 5.69 Å². The lowest BCUT2D eigenvalue weighted by Gasteiger charge is -2.08. The third-order valence-corrected chi connectivity index (χ3v) is 2.41. The average molecular weight is 232 g/mol. The summed E-state index contributed by atoms with van der Waals surface area (Å²) < 4.78 is 13.4. The van der Waals surface area contributed by atoms with Crippen molar-refractivity contribution >= 4 is 11.4 Å². The van der Waals surface area contributed by atoms with E-state index >= 15 is 0 Å². The predicted molar refractivity (Wildman–Crippen MR) is 66.2 cm³/mol. The molecule has 0 saturated carbocycles. The summed E-state index contributed by atoms with van der Waals surface area (Å²) in [6.45, 7) is 0.473. The van der Waals surface area contributed by atoms with Gasteiger partial charge in [-0.15, -0.1) is 0 Å². The molecule has 0 aromatic heterocycles. The summed E-state index contributed by atoms with van der Waals surface area (Å²) in [5.74, 6) is -0.123. The van der Waals surface area contributed by atoms with Gasteiger partial charge >= 0.3 is 0 Å². The lowest BCUT2D eigenvalue weighted by molar-refractivity contribution is 0.475. The largest absolute Gasteiger partial charge is 0.508 e. The van der Waals surface area contributed by atoms with E-state index in [1.165, 1.54) is 12.1 Å². The van der Waals surface area contributed by atoms with E-state index in [1.54, 1.807) is 30.3 Å². The molecule has 0 atom stereocenters. The normalized spacial score (nSPS) is 10.2. The number of nitrogens with two attached hydrogens (primary N) is 1. The smallest absolute Gasteiger partial charge is 0.146 e. The van der Waals surface area contributed by atoms with E-state index < -0.39 is 0 Å². The molecule has 0 radical (unpaired) electrons. The molecule has 88 valence electrons. The van der Waals surface area contributed by atoms with Crippen molar-refractivity contribution in [1.29, 1.82) is 0 Å². The summed E-state index contributed by atoms with van der Waals surface area (Å²) in [6, 6.07) is 11.1. The van der Waals surface area contributed by atoms with Gasteiger partial charge in [0, 0.05) is 12.2 Å². The number of phenols is 1. The predicted octanol–water partition coefficient (Wildman–Crippen LogP) is 2.73. The van der Waals surface area contributed by atoms with E-state index in [2.05, 4.69) is 5.32 Å². The summed E-state index contributed by atoms with van der Waals surface area (Å²) >= 11 is 0. The first-order valence-electron chi connectivity index (χ1n) is 5.22.